The van der Waals surface area contributed by atoms with Crippen LogP contribution in [0.2, 0.25) is 0 Å². The maximum absolute atomic E-state index is 12.8. The fraction of sp³-hybridized carbons (Fsp3) is 0.494. The first kappa shape index (κ1) is 76.7. The summed E-state index contributed by atoms with van der Waals surface area (Å²) in [7, 11) is 0. The van der Waals surface area contributed by atoms with Crippen molar-refractivity contribution in [3.8, 4) is 0 Å². The third-order valence-corrected chi connectivity index (χ3v) is 12.5. The van der Waals surface area contributed by atoms with E-state index in [4.69, 9.17) is 14.2 Å². The lowest BCUT2D eigenvalue weighted by Crippen LogP contribution is -2.30. The van der Waals surface area contributed by atoms with Gasteiger partial charge in [0.2, 0.25) is 0 Å². The van der Waals surface area contributed by atoms with Crippen LogP contribution < -0.4 is 0 Å². The number of hydrogen-bond donors (Lipinski definition) is 0. The van der Waals surface area contributed by atoms with Crippen LogP contribution in [0.15, 0.2) is 219 Å². The quantitative estimate of drug-likeness (QED) is 0.0261. The predicted octanol–water partition coefficient (Wildman–Crippen LogP) is 22.5. The Morgan fingerprint density at radius 2 is 0.470 bits per heavy atom. The van der Waals surface area contributed by atoms with Crippen LogP contribution in [0.4, 0.5) is 0 Å². The minimum Gasteiger partial charge on any atom is -0.462 e. The topological polar surface area (TPSA) is 78.9 Å². The second kappa shape index (κ2) is 68.2. The highest BCUT2D eigenvalue weighted by molar-refractivity contribution is 5.72. The molecule has 0 saturated heterocycles. The van der Waals surface area contributed by atoms with Crippen LogP contribution in [0.25, 0.3) is 0 Å². The summed E-state index contributed by atoms with van der Waals surface area (Å²) in [4.78, 5) is 38.2. The first-order chi connectivity index (χ1) is 41.0. The lowest BCUT2D eigenvalue weighted by Gasteiger charge is -2.18. The summed E-state index contributed by atoms with van der Waals surface area (Å²) in [6, 6.07) is 0. The standard InChI is InChI=1S/C77H114O6/c1-4-7-10-13-16-19-22-25-28-29-30-31-32-33-34-35-36-37-38-39-40-41-42-43-44-45-46-47-50-52-55-58-61-64-67-70-76(79)82-73-74(83-77(80)71-68-65-62-59-56-53-49-27-24-21-18-15-12-9-6-3)72-81-75(78)69-66-63-60-57-54-51-48-26-23-20-17-14-11-8-5-2/h7-12,16-21,25-28,30-31,33-34,36-37,39-40,42-43,45-46,48-49,54,56-57,59,65,68,74H,4-6,13-15,22-24,29,32,35,38,41,44,47,50-53,55,58,60-64,66-67,69-73H2,1-3H3/b10-7-,11-8-,12-9-,19-16-,20-17-,21-18-,28-25-,31-30-,34-33-,37-36-,40-39-,43-42-,46-45-,48-26-,49-27-,57-54-,59-56-,68-65-. The molecule has 0 saturated carbocycles. The molecule has 0 spiro atoms. The Labute approximate surface area is 508 Å². The summed E-state index contributed by atoms with van der Waals surface area (Å²) in [5.74, 6) is -1.15. The van der Waals surface area contributed by atoms with Gasteiger partial charge in [-0.25, -0.2) is 0 Å². The monoisotopic (exact) mass is 1130 g/mol. The lowest BCUT2D eigenvalue weighted by atomic mass is 10.1. The minimum atomic E-state index is -0.869. The van der Waals surface area contributed by atoms with Gasteiger partial charge in [0.05, 0.1) is 6.42 Å². The number of carbonyl (C=O) groups excluding carboxylic acids is 3. The van der Waals surface area contributed by atoms with Gasteiger partial charge < -0.3 is 14.2 Å². The Hall–Kier alpha value is -6.27. The summed E-state index contributed by atoms with van der Waals surface area (Å²) in [5.41, 5.74) is 0. The molecule has 0 radical (unpaired) electrons. The van der Waals surface area contributed by atoms with Gasteiger partial charge in [-0.2, -0.15) is 0 Å². The smallest absolute Gasteiger partial charge is 0.310 e. The lowest BCUT2D eigenvalue weighted by molar-refractivity contribution is -0.166. The van der Waals surface area contributed by atoms with Gasteiger partial charge in [-0.05, 0) is 154 Å². The highest BCUT2D eigenvalue weighted by atomic mass is 16.6. The highest BCUT2D eigenvalue weighted by Gasteiger charge is 2.19. The van der Waals surface area contributed by atoms with E-state index >= 15 is 0 Å². The van der Waals surface area contributed by atoms with Crippen molar-refractivity contribution in [2.45, 2.75) is 232 Å². The third-order valence-electron chi connectivity index (χ3n) is 12.5. The number of unbranched alkanes of at least 4 members (excludes halogenated alkanes) is 9. The van der Waals surface area contributed by atoms with Crippen LogP contribution in [-0.4, -0.2) is 37.2 Å². The van der Waals surface area contributed by atoms with Crippen LogP contribution in [0.1, 0.15) is 226 Å². The van der Waals surface area contributed by atoms with Crippen LogP contribution >= 0.6 is 0 Å². The van der Waals surface area contributed by atoms with E-state index in [0.717, 1.165) is 154 Å². The molecular weight excluding hydrogens is 1020 g/mol. The molecule has 0 rings (SSSR count). The van der Waals surface area contributed by atoms with E-state index in [1.54, 1.807) is 6.08 Å². The van der Waals surface area contributed by atoms with Crippen LogP contribution in [0, 0.1) is 0 Å². The van der Waals surface area contributed by atoms with Gasteiger partial charge in [0.25, 0.3) is 0 Å². The molecule has 0 heterocycles. The largest absolute Gasteiger partial charge is 0.462 e. The first-order valence-corrected chi connectivity index (χ1v) is 32.2. The van der Waals surface area contributed by atoms with E-state index in [-0.39, 0.29) is 38.0 Å². The van der Waals surface area contributed by atoms with Crippen LogP contribution in [0.3, 0.4) is 0 Å². The van der Waals surface area contributed by atoms with Gasteiger partial charge >= 0.3 is 17.9 Å². The van der Waals surface area contributed by atoms with Crippen molar-refractivity contribution in [2.24, 2.45) is 0 Å². The fourth-order valence-electron chi connectivity index (χ4n) is 7.79. The van der Waals surface area contributed by atoms with Crippen molar-refractivity contribution in [3.63, 3.8) is 0 Å². The van der Waals surface area contributed by atoms with E-state index in [0.29, 0.717) is 19.3 Å². The molecular formula is C77H114O6. The summed E-state index contributed by atoms with van der Waals surface area (Å²) in [6.45, 7) is 6.14. The fourth-order valence-corrected chi connectivity index (χ4v) is 7.79. The molecule has 0 aliphatic heterocycles. The first-order valence-electron chi connectivity index (χ1n) is 32.2. The normalized spacial score (nSPS) is 13.6. The van der Waals surface area contributed by atoms with Crippen LogP contribution in [0.5, 0.6) is 0 Å². The van der Waals surface area contributed by atoms with E-state index in [1.165, 1.54) is 19.3 Å². The zero-order valence-electron chi connectivity index (χ0n) is 52.4. The van der Waals surface area contributed by atoms with E-state index in [1.807, 2.05) is 6.08 Å². The third kappa shape index (κ3) is 66.4. The molecule has 0 amide bonds. The summed E-state index contributed by atoms with van der Waals surface area (Å²) in [6.07, 6.45) is 107. The number of esters is 3. The molecule has 0 bridgehead atoms. The number of allylic oxidation sites excluding steroid dienone is 35. The van der Waals surface area contributed by atoms with E-state index < -0.39 is 12.1 Å². The van der Waals surface area contributed by atoms with Crippen molar-refractivity contribution in [1.82, 2.24) is 0 Å². The zero-order valence-corrected chi connectivity index (χ0v) is 52.4. The van der Waals surface area contributed by atoms with Gasteiger partial charge in [-0.15, -0.1) is 0 Å². The molecule has 0 aliphatic carbocycles. The predicted molar refractivity (Wildman–Crippen MR) is 361 cm³/mol. The second-order valence-electron chi connectivity index (χ2n) is 20.2. The maximum Gasteiger partial charge on any atom is 0.310 e. The summed E-state index contributed by atoms with van der Waals surface area (Å²) >= 11 is 0. The molecule has 0 aromatic rings. The number of ether oxygens (including phenoxy) is 3. The Morgan fingerprint density at radius 1 is 0.253 bits per heavy atom. The average molecular weight is 1140 g/mol. The molecule has 1 atom stereocenters. The second-order valence-corrected chi connectivity index (χ2v) is 20.2. The molecule has 0 fully saturated rings. The molecule has 0 aromatic heterocycles. The Bertz CT molecular complexity index is 2080. The molecule has 0 N–H and O–H groups in total. The van der Waals surface area contributed by atoms with Gasteiger partial charge in [-0.3, -0.25) is 14.4 Å². The van der Waals surface area contributed by atoms with Crippen LogP contribution in [-0.2, 0) is 28.6 Å². The number of rotatable bonds is 55. The molecule has 6 nitrogen and oxygen atoms in total. The Kier molecular flexibility index (Phi) is 63.1. The summed E-state index contributed by atoms with van der Waals surface area (Å²) in [5, 5.41) is 0. The van der Waals surface area contributed by atoms with Crippen molar-refractivity contribution in [1.29, 1.82) is 0 Å². The molecule has 0 aromatic carbocycles. The maximum atomic E-state index is 12.8. The van der Waals surface area contributed by atoms with Crippen molar-refractivity contribution < 1.29 is 28.6 Å². The van der Waals surface area contributed by atoms with Gasteiger partial charge in [0.15, 0.2) is 6.10 Å². The molecule has 0 aliphatic rings. The van der Waals surface area contributed by atoms with Crippen molar-refractivity contribution in [2.75, 3.05) is 13.2 Å². The van der Waals surface area contributed by atoms with Crippen molar-refractivity contribution >= 4 is 17.9 Å². The number of carbonyl (C=O) groups is 3. The Balaban J connectivity index is 4.42. The zero-order chi connectivity index (χ0) is 59.9. The average Bonchev–Trinajstić information content (AvgIpc) is 3.49. The molecule has 83 heavy (non-hydrogen) atoms. The summed E-state index contributed by atoms with van der Waals surface area (Å²) < 4.78 is 16.7. The van der Waals surface area contributed by atoms with E-state index in [2.05, 4.69) is 227 Å². The molecule has 1 unspecified atom stereocenters. The highest BCUT2D eigenvalue weighted by Crippen LogP contribution is 2.12. The van der Waals surface area contributed by atoms with E-state index in [9.17, 15) is 14.4 Å². The van der Waals surface area contributed by atoms with Crippen molar-refractivity contribution in [3.05, 3.63) is 219 Å². The molecule has 458 valence electrons. The number of hydrogen-bond acceptors (Lipinski definition) is 6. The van der Waals surface area contributed by atoms with Gasteiger partial charge in [0.1, 0.15) is 13.2 Å². The Morgan fingerprint density at radius 3 is 0.759 bits per heavy atom. The molecule has 6 heteroatoms. The van der Waals surface area contributed by atoms with Gasteiger partial charge in [0, 0.05) is 12.8 Å². The SMILES string of the molecule is CC/C=C\C/C=C\C/C=C\C/C=C\C/C=C\C/C=C\C/C=C\C/C=C\C/C=C\CCCCCCCCCC(=O)OCC(COC(=O)CCCC/C=C\C/C=C\C/C=C\C/C=C\CC)OC(=O)C/C=C\C/C=C\C/C=C\C/C=C\C/C=C\CC. The van der Waals surface area contributed by atoms with Gasteiger partial charge in [-0.1, -0.05) is 272 Å². The minimum absolute atomic E-state index is 0.0732.